The first-order valence-corrected chi connectivity index (χ1v) is 23.0. The van der Waals surface area contributed by atoms with Gasteiger partial charge in [0, 0.05) is 13.0 Å². The van der Waals surface area contributed by atoms with Crippen molar-refractivity contribution in [2.45, 2.75) is 82.6 Å². The smallest absolute Gasteiger partial charge is 0.186 e. The van der Waals surface area contributed by atoms with Crippen molar-refractivity contribution in [2.75, 3.05) is 26.9 Å². The average molecular weight is 905 g/mol. The standard InChI is InChI=1S/C58H64O9/c1-4-51(63-38-47-27-15-7-16-28-47)55(64-39-48-29-17-8-18-30-48)53(43-61-37-46-25-13-6-14-26-46)62-35-44(2)54-52(42-60-36-45-23-11-5-12-24-45)67-58(59-3)57(66-41-50-33-21-10-22-34-50)56(54)65-40-49-31-19-9-20-32-49/h4-34,51-58H,1-2,35-43H2,3H3/t51-,52-,53-,54-,55+,56+,57-,58+/m1/s1. The molecule has 6 aromatic rings. The number of hydrogen-bond acceptors (Lipinski definition) is 9. The van der Waals surface area contributed by atoms with Gasteiger partial charge in [0.2, 0.25) is 0 Å². The molecule has 8 atom stereocenters. The number of methoxy groups -OCH3 is 1. The second-order valence-corrected chi connectivity index (χ2v) is 16.6. The molecule has 9 nitrogen and oxygen atoms in total. The number of benzene rings is 6. The molecule has 1 fully saturated rings. The van der Waals surface area contributed by atoms with Gasteiger partial charge in [0.15, 0.2) is 6.29 Å². The molecular formula is C58H64O9. The van der Waals surface area contributed by atoms with Crippen LogP contribution < -0.4 is 0 Å². The van der Waals surface area contributed by atoms with Crippen LogP contribution in [-0.2, 0) is 82.3 Å². The highest BCUT2D eigenvalue weighted by Gasteiger charge is 2.49. The molecule has 7 rings (SSSR count). The minimum absolute atomic E-state index is 0.102. The van der Waals surface area contributed by atoms with Gasteiger partial charge in [-0.15, -0.1) is 6.58 Å². The zero-order chi connectivity index (χ0) is 46.3. The first-order valence-electron chi connectivity index (χ1n) is 23.0. The second-order valence-electron chi connectivity index (χ2n) is 16.6. The van der Waals surface area contributed by atoms with E-state index >= 15 is 0 Å². The molecule has 0 N–H and O–H groups in total. The quantitative estimate of drug-likeness (QED) is 0.0447. The predicted molar refractivity (Wildman–Crippen MR) is 261 cm³/mol. The van der Waals surface area contributed by atoms with E-state index in [1.165, 1.54) is 0 Å². The number of rotatable bonds is 28. The Kier molecular flexibility index (Phi) is 20.1. The molecule has 1 aliphatic rings. The summed E-state index contributed by atoms with van der Waals surface area (Å²) in [4.78, 5) is 0. The van der Waals surface area contributed by atoms with Crippen molar-refractivity contribution >= 4 is 0 Å². The van der Waals surface area contributed by atoms with E-state index in [2.05, 4.69) is 6.58 Å². The van der Waals surface area contributed by atoms with E-state index in [4.69, 9.17) is 49.2 Å². The van der Waals surface area contributed by atoms with E-state index in [-0.39, 0.29) is 19.8 Å². The first kappa shape index (κ1) is 49.3. The van der Waals surface area contributed by atoms with Crippen molar-refractivity contribution in [3.8, 4) is 0 Å². The molecule has 350 valence electrons. The highest BCUT2D eigenvalue weighted by molar-refractivity contribution is 5.19. The minimum Gasteiger partial charge on any atom is -0.374 e. The van der Waals surface area contributed by atoms with Crippen molar-refractivity contribution < 1.29 is 42.6 Å². The third kappa shape index (κ3) is 15.5. The van der Waals surface area contributed by atoms with Crippen LogP contribution in [0.1, 0.15) is 33.4 Å². The monoisotopic (exact) mass is 904 g/mol. The molecule has 0 saturated carbocycles. The van der Waals surface area contributed by atoms with Crippen molar-refractivity contribution in [2.24, 2.45) is 5.92 Å². The Labute approximate surface area is 396 Å². The van der Waals surface area contributed by atoms with Gasteiger partial charge in [-0.2, -0.15) is 0 Å². The maximum Gasteiger partial charge on any atom is 0.186 e. The molecule has 1 saturated heterocycles. The lowest BCUT2D eigenvalue weighted by Crippen LogP contribution is -2.58. The fourth-order valence-electron chi connectivity index (χ4n) is 8.16. The van der Waals surface area contributed by atoms with Crippen LogP contribution in [0, 0.1) is 5.92 Å². The fraction of sp³-hybridized carbons (Fsp3) is 0.310. The molecule has 0 spiro atoms. The Morgan fingerprint density at radius 3 is 1.40 bits per heavy atom. The topological polar surface area (TPSA) is 83.1 Å². The lowest BCUT2D eigenvalue weighted by atomic mass is 9.83. The van der Waals surface area contributed by atoms with Gasteiger partial charge < -0.3 is 42.6 Å². The van der Waals surface area contributed by atoms with Gasteiger partial charge in [-0.05, 0) is 39.0 Å². The molecule has 1 aliphatic heterocycles. The lowest BCUT2D eigenvalue weighted by Gasteiger charge is -2.46. The van der Waals surface area contributed by atoms with Crippen molar-refractivity contribution in [3.05, 3.63) is 240 Å². The SMILES string of the molecule is C=C[C@@H](OCc1ccccc1)[C@H](OCc1ccccc1)[C@@H](COCc1ccccc1)OCC(=C)[C@H]1[C@H](OCc2ccccc2)[C@@H](OCc2ccccc2)[C@@H](OC)O[C@@H]1COCc1ccccc1. The largest absolute Gasteiger partial charge is 0.374 e. The zero-order valence-corrected chi connectivity index (χ0v) is 38.5. The summed E-state index contributed by atoms with van der Waals surface area (Å²) >= 11 is 0. The molecule has 1 heterocycles. The van der Waals surface area contributed by atoms with Gasteiger partial charge in [-0.3, -0.25) is 0 Å². The summed E-state index contributed by atoms with van der Waals surface area (Å²) in [6.07, 6.45) is -2.62. The molecule has 0 aromatic heterocycles. The molecule has 6 aromatic carbocycles. The van der Waals surface area contributed by atoms with E-state index in [9.17, 15) is 0 Å². The summed E-state index contributed by atoms with van der Waals surface area (Å²) in [5.74, 6) is -0.467. The summed E-state index contributed by atoms with van der Waals surface area (Å²) in [7, 11) is 1.63. The molecule has 0 radical (unpaired) electrons. The fourth-order valence-corrected chi connectivity index (χ4v) is 8.16. The van der Waals surface area contributed by atoms with Crippen molar-refractivity contribution in [3.63, 3.8) is 0 Å². The van der Waals surface area contributed by atoms with E-state index in [0.717, 1.165) is 39.0 Å². The Morgan fingerprint density at radius 1 is 0.522 bits per heavy atom. The van der Waals surface area contributed by atoms with Crippen LogP contribution in [0.2, 0.25) is 0 Å². The van der Waals surface area contributed by atoms with Crippen LogP contribution in [-0.4, -0.2) is 69.8 Å². The van der Waals surface area contributed by atoms with Gasteiger partial charge >= 0.3 is 0 Å². The van der Waals surface area contributed by atoms with Gasteiger partial charge in [-0.1, -0.05) is 195 Å². The molecule has 0 bridgehead atoms. The van der Waals surface area contributed by atoms with Crippen LogP contribution >= 0.6 is 0 Å². The van der Waals surface area contributed by atoms with Gasteiger partial charge in [0.25, 0.3) is 0 Å². The van der Waals surface area contributed by atoms with Crippen LogP contribution in [0.3, 0.4) is 0 Å². The Bertz CT molecular complexity index is 2260. The molecule has 0 unspecified atom stereocenters. The normalized spacial score (nSPS) is 19.6. The zero-order valence-electron chi connectivity index (χ0n) is 38.5. The number of ether oxygens (including phenoxy) is 9. The second kappa shape index (κ2) is 27.3. The third-order valence-corrected chi connectivity index (χ3v) is 11.7. The maximum absolute atomic E-state index is 7.03. The average Bonchev–Trinajstić information content (AvgIpc) is 3.39. The Morgan fingerprint density at radius 2 is 0.940 bits per heavy atom. The molecule has 9 heteroatoms. The van der Waals surface area contributed by atoms with Crippen LogP contribution in [0.15, 0.2) is 207 Å². The molecular weight excluding hydrogens is 841 g/mol. The maximum atomic E-state index is 7.03. The van der Waals surface area contributed by atoms with E-state index in [1.54, 1.807) is 13.2 Å². The molecule has 67 heavy (non-hydrogen) atoms. The summed E-state index contributed by atoms with van der Waals surface area (Å²) in [5.41, 5.74) is 6.88. The summed E-state index contributed by atoms with van der Waals surface area (Å²) in [5, 5.41) is 0. The summed E-state index contributed by atoms with van der Waals surface area (Å²) < 4.78 is 60.0. The van der Waals surface area contributed by atoms with Crippen molar-refractivity contribution in [1.29, 1.82) is 0 Å². The van der Waals surface area contributed by atoms with E-state index in [0.29, 0.717) is 39.6 Å². The van der Waals surface area contributed by atoms with Gasteiger partial charge in [0.1, 0.15) is 24.4 Å². The highest BCUT2D eigenvalue weighted by atomic mass is 16.7. The third-order valence-electron chi connectivity index (χ3n) is 11.7. The lowest BCUT2D eigenvalue weighted by molar-refractivity contribution is -0.301. The Hall–Kier alpha value is -5.56. The minimum atomic E-state index is -0.773. The highest BCUT2D eigenvalue weighted by Crippen LogP contribution is 2.37. The summed E-state index contributed by atoms with van der Waals surface area (Å²) in [6, 6.07) is 60.4. The predicted octanol–water partition coefficient (Wildman–Crippen LogP) is 10.9. The summed E-state index contributed by atoms with van der Waals surface area (Å²) in [6.45, 7) is 11.5. The first-order chi connectivity index (χ1) is 33.1. The van der Waals surface area contributed by atoms with Gasteiger partial charge in [0.05, 0.1) is 71.7 Å². The molecule has 0 aliphatic carbocycles. The van der Waals surface area contributed by atoms with Crippen LogP contribution in [0.5, 0.6) is 0 Å². The number of hydrogen-bond donors (Lipinski definition) is 0. The van der Waals surface area contributed by atoms with Crippen molar-refractivity contribution in [1.82, 2.24) is 0 Å². The Balaban J connectivity index is 1.19. The van der Waals surface area contributed by atoms with Crippen LogP contribution in [0.4, 0.5) is 0 Å². The van der Waals surface area contributed by atoms with Gasteiger partial charge in [-0.25, -0.2) is 0 Å². The molecule has 0 amide bonds. The van der Waals surface area contributed by atoms with Crippen LogP contribution in [0.25, 0.3) is 0 Å². The van der Waals surface area contributed by atoms with E-state index < -0.39 is 48.8 Å². The van der Waals surface area contributed by atoms with E-state index in [1.807, 2.05) is 182 Å².